The van der Waals surface area contributed by atoms with Crippen LogP contribution in [-0.4, -0.2) is 42.0 Å². The highest BCUT2D eigenvalue weighted by Crippen LogP contribution is 2.48. The Bertz CT molecular complexity index is 856. The van der Waals surface area contributed by atoms with Gasteiger partial charge in [-0.05, 0) is 80.3 Å². The number of hydrogen-bond donors (Lipinski definition) is 1. The first kappa shape index (κ1) is 19.8. The predicted molar refractivity (Wildman–Crippen MR) is 111 cm³/mol. The minimum absolute atomic E-state index is 0.203. The molecular formula is C23H27F2N3O. The third-order valence-corrected chi connectivity index (χ3v) is 6.13. The maximum Gasteiger partial charge on any atom is 0.123 e. The molecule has 2 aromatic rings. The van der Waals surface area contributed by atoms with E-state index >= 15 is 0 Å². The van der Waals surface area contributed by atoms with Crippen molar-refractivity contribution in [1.82, 2.24) is 4.90 Å². The van der Waals surface area contributed by atoms with Crippen molar-refractivity contribution in [3.05, 3.63) is 59.7 Å². The van der Waals surface area contributed by atoms with Crippen LogP contribution in [0.5, 0.6) is 0 Å². The smallest absolute Gasteiger partial charge is 0.123 e. The molecule has 0 spiro atoms. The number of rotatable bonds is 7. The van der Waals surface area contributed by atoms with Gasteiger partial charge in [0.25, 0.3) is 0 Å². The first-order valence-corrected chi connectivity index (χ1v) is 10.4. The Morgan fingerprint density at radius 1 is 1.03 bits per heavy atom. The number of benzene rings is 2. The standard InChI is InChI=1S/C23H27F2N3O/c24-17-5-8-19(9-6-17)28-22-10-7-18(25)15-20(22)21-16-27(14-11-23(21)28)13-4-2-1-3-12-26-29/h5-10,12,15,21,23,29H,1-4,11,13-14,16H2. The van der Waals surface area contributed by atoms with Gasteiger partial charge in [0, 0.05) is 42.6 Å². The van der Waals surface area contributed by atoms with Crippen LogP contribution in [0.3, 0.4) is 0 Å². The summed E-state index contributed by atoms with van der Waals surface area (Å²) in [7, 11) is 0. The van der Waals surface area contributed by atoms with Crippen LogP contribution in [0.25, 0.3) is 0 Å². The minimum Gasteiger partial charge on any atom is -0.411 e. The lowest BCUT2D eigenvalue weighted by molar-refractivity contribution is 0.193. The summed E-state index contributed by atoms with van der Waals surface area (Å²) in [5, 5.41) is 11.5. The van der Waals surface area contributed by atoms with E-state index in [4.69, 9.17) is 5.21 Å². The quantitative estimate of drug-likeness (QED) is 0.297. The molecule has 6 heteroatoms. The van der Waals surface area contributed by atoms with Crippen LogP contribution in [0.2, 0.25) is 0 Å². The highest BCUT2D eigenvalue weighted by molar-refractivity contribution is 5.73. The Kier molecular flexibility index (Phi) is 6.09. The number of hydrogen-bond acceptors (Lipinski definition) is 4. The molecule has 2 aliphatic rings. The predicted octanol–water partition coefficient (Wildman–Crippen LogP) is 5.29. The van der Waals surface area contributed by atoms with E-state index in [1.807, 2.05) is 18.2 Å². The van der Waals surface area contributed by atoms with Crippen molar-refractivity contribution in [1.29, 1.82) is 0 Å². The maximum absolute atomic E-state index is 14.0. The Morgan fingerprint density at radius 2 is 1.83 bits per heavy atom. The second-order valence-corrected chi connectivity index (χ2v) is 7.96. The molecule has 0 aliphatic carbocycles. The highest BCUT2D eigenvalue weighted by Gasteiger charge is 2.42. The largest absolute Gasteiger partial charge is 0.411 e. The zero-order chi connectivity index (χ0) is 20.2. The summed E-state index contributed by atoms with van der Waals surface area (Å²) in [6.07, 6.45) is 6.57. The highest BCUT2D eigenvalue weighted by atomic mass is 19.1. The van der Waals surface area contributed by atoms with Gasteiger partial charge >= 0.3 is 0 Å². The van der Waals surface area contributed by atoms with Crippen molar-refractivity contribution in [2.45, 2.75) is 44.1 Å². The van der Waals surface area contributed by atoms with Crippen LogP contribution in [0.4, 0.5) is 20.2 Å². The summed E-state index contributed by atoms with van der Waals surface area (Å²) in [6, 6.07) is 11.9. The number of halogens is 2. The zero-order valence-corrected chi connectivity index (χ0v) is 16.5. The number of likely N-dealkylation sites (tertiary alicyclic amines) is 1. The topological polar surface area (TPSA) is 39.1 Å². The fourth-order valence-corrected chi connectivity index (χ4v) is 4.78. The normalized spacial score (nSPS) is 21.5. The van der Waals surface area contributed by atoms with Crippen molar-refractivity contribution in [3.8, 4) is 0 Å². The van der Waals surface area contributed by atoms with Crippen molar-refractivity contribution < 1.29 is 14.0 Å². The first-order valence-electron chi connectivity index (χ1n) is 10.4. The maximum atomic E-state index is 14.0. The van der Waals surface area contributed by atoms with Crippen LogP contribution in [-0.2, 0) is 0 Å². The molecule has 0 amide bonds. The molecule has 2 aliphatic heterocycles. The van der Waals surface area contributed by atoms with Gasteiger partial charge in [-0.2, -0.15) is 0 Å². The Morgan fingerprint density at radius 3 is 2.62 bits per heavy atom. The molecule has 2 atom stereocenters. The number of anilines is 2. The third kappa shape index (κ3) is 4.27. The van der Waals surface area contributed by atoms with Crippen molar-refractivity contribution in [2.24, 2.45) is 5.16 Å². The fourth-order valence-electron chi connectivity index (χ4n) is 4.78. The molecule has 2 heterocycles. The van der Waals surface area contributed by atoms with Crippen LogP contribution < -0.4 is 4.90 Å². The lowest BCUT2D eigenvalue weighted by Crippen LogP contribution is -2.45. The van der Waals surface area contributed by atoms with Crippen LogP contribution in [0.1, 0.15) is 43.6 Å². The third-order valence-electron chi connectivity index (χ3n) is 6.13. The first-order chi connectivity index (χ1) is 14.2. The molecule has 1 N–H and O–H groups in total. The van der Waals surface area contributed by atoms with Gasteiger partial charge in [-0.3, -0.25) is 0 Å². The van der Waals surface area contributed by atoms with Gasteiger partial charge < -0.3 is 15.0 Å². The minimum atomic E-state index is -0.246. The molecule has 0 bridgehead atoms. The number of piperidine rings is 1. The Labute approximate surface area is 170 Å². The average molecular weight is 399 g/mol. The van der Waals surface area contributed by atoms with E-state index in [1.54, 1.807) is 12.3 Å². The van der Waals surface area contributed by atoms with E-state index in [-0.39, 0.29) is 23.6 Å². The molecule has 0 saturated carbocycles. The average Bonchev–Trinajstić information content (AvgIpc) is 3.04. The molecule has 0 radical (unpaired) electrons. The van der Waals surface area contributed by atoms with Crippen LogP contribution in [0, 0.1) is 11.6 Å². The zero-order valence-electron chi connectivity index (χ0n) is 16.5. The molecule has 4 nitrogen and oxygen atoms in total. The summed E-state index contributed by atoms with van der Waals surface area (Å²) in [5.41, 5.74) is 3.06. The Balaban J connectivity index is 1.48. The Hall–Kier alpha value is -2.47. The van der Waals surface area contributed by atoms with Crippen LogP contribution in [0.15, 0.2) is 47.6 Å². The van der Waals surface area contributed by atoms with Gasteiger partial charge in [-0.15, -0.1) is 5.16 Å². The van der Waals surface area contributed by atoms with Gasteiger partial charge in [0.05, 0.1) is 0 Å². The second kappa shape index (κ2) is 8.91. The summed E-state index contributed by atoms with van der Waals surface area (Å²) in [4.78, 5) is 4.74. The van der Waals surface area contributed by atoms with Crippen molar-refractivity contribution in [2.75, 3.05) is 24.5 Å². The number of unbranched alkanes of at least 4 members (excludes halogenated alkanes) is 3. The van der Waals surface area contributed by atoms with Crippen molar-refractivity contribution >= 4 is 17.6 Å². The number of oxime groups is 1. The monoisotopic (exact) mass is 399 g/mol. The lowest BCUT2D eigenvalue weighted by atomic mass is 9.88. The van der Waals surface area contributed by atoms with E-state index in [0.717, 1.165) is 68.7 Å². The van der Waals surface area contributed by atoms with E-state index in [2.05, 4.69) is 15.0 Å². The van der Waals surface area contributed by atoms with Gasteiger partial charge in [-0.25, -0.2) is 8.78 Å². The summed E-state index contributed by atoms with van der Waals surface area (Å²) >= 11 is 0. The molecule has 1 saturated heterocycles. The molecule has 4 rings (SSSR count). The summed E-state index contributed by atoms with van der Waals surface area (Å²) in [5.74, 6) is -0.198. The molecule has 29 heavy (non-hydrogen) atoms. The molecule has 154 valence electrons. The summed E-state index contributed by atoms with van der Waals surface area (Å²) < 4.78 is 27.5. The number of nitrogens with zero attached hydrogens (tertiary/aromatic N) is 3. The molecule has 0 aromatic heterocycles. The van der Waals surface area contributed by atoms with Crippen molar-refractivity contribution in [3.63, 3.8) is 0 Å². The number of fused-ring (bicyclic) bond motifs is 3. The van der Waals surface area contributed by atoms with Gasteiger partial charge in [0.15, 0.2) is 0 Å². The van der Waals surface area contributed by atoms with E-state index in [9.17, 15) is 8.78 Å². The fraction of sp³-hybridized carbons (Fsp3) is 0.435. The van der Waals surface area contributed by atoms with E-state index in [0.29, 0.717) is 0 Å². The molecular weight excluding hydrogens is 372 g/mol. The lowest BCUT2D eigenvalue weighted by Gasteiger charge is -2.39. The van der Waals surface area contributed by atoms with E-state index in [1.165, 1.54) is 18.2 Å². The SMILES string of the molecule is ON=CCCCCCN1CCC2C(C1)c1cc(F)ccc1N2c1ccc(F)cc1. The van der Waals surface area contributed by atoms with Crippen LogP contribution >= 0.6 is 0 Å². The van der Waals surface area contributed by atoms with E-state index < -0.39 is 0 Å². The van der Waals surface area contributed by atoms with Gasteiger partial charge in [0.1, 0.15) is 11.6 Å². The van der Waals surface area contributed by atoms with Gasteiger partial charge in [0.2, 0.25) is 0 Å². The molecule has 2 unspecified atom stereocenters. The second-order valence-electron chi connectivity index (χ2n) is 7.96. The molecule has 2 aromatic carbocycles. The van der Waals surface area contributed by atoms with Gasteiger partial charge in [-0.1, -0.05) is 6.42 Å². The molecule has 1 fully saturated rings. The summed E-state index contributed by atoms with van der Waals surface area (Å²) in [6.45, 7) is 2.95.